The van der Waals surface area contributed by atoms with Gasteiger partial charge in [-0.15, -0.1) is 24.8 Å². The molecule has 40 heavy (non-hydrogen) atoms. The van der Waals surface area contributed by atoms with E-state index in [0.29, 0.717) is 30.0 Å². The third-order valence-corrected chi connectivity index (χ3v) is 6.80. The third kappa shape index (κ3) is 8.41. The number of halogens is 2. The maximum absolute atomic E-state index is 13.5. The van der Waals surface area contributed by atoms with Crippen molar-refractivity contribution in [2.45, 2.75) is 33.6 Å². The van der Waals surface area contributed by atoms with E-state index in [4.69, 9.17) is 14.7 Å². The number of esters is 2. The zero-order chi connectivity index (χ0) is 28.0. The molecule has 0 bridgehead atoms. The van der Waals surface area contributed by atoms with E-state index in [2.05, 4.69) is 21.2 Å². The molecule has 220 valence electrons. The number of allylic oxidation sites excluding steroid dienone is 2. The van der Waals surface area contributed by atoms with Crippen molar-refractivity contribution in [3.8, 4) is 6.07 Å². The van der Waals surface area contributed by atoms with E-state index in [9.17, 15) is 19.7 Å². The number of non-ortho nitro benzene ring substituents is 1. The Hall–Kier alpha value is -3.17. The van der Waals surface area contributed by atoms with E-state index >= 15 is 0 Å². The summed E-state index contributed by atoms with van der Waals surface area (Å²) >= 11 is 0. The number of piperazine rings is 1. The summed E-state index contributed by atoms with van der Waals surface area (Å²) in [5, 5.41) is 23.4. The molecule has 0 amide bonds. The fraction of sp³-hybridized carbons (Fsp3) is 0.519. The summed E-state index contributed by atoms with van der Waals surface area (Å²) in [7, 11) is 1.25. The van der Waals surface area contributed by atoms with Gasteiger partial charge in [-0.1, -0.05) is 26.0 Å². The van der Waals surface area contributed by atoms with Crippen LogP contribution in [0.5, 0.6) is 0 Å². The zero-order valence-electron chi connectivity index (χ0n) is 23.4. The average molecular weight is 599 g/mol. The molecule has 0 aromatic heterocycles. The number of dihydropyridines is 1. The standard InChI is InChI=1S/C27H35N5O6.2ClH/c1-18-22(25(33)37-5)24(20-7-6-8-21(15-20)32(35)36)23(19(2)29-18)26(34)38-17-27(3,4)16-31-13-11-30(10-9-28)12-14-31;;/h6-8,15,24,29H,10-14,16-17H2,1-5H3;2*1H. The van der Waals surface area contributed by atoms with Gasteiger partial charge in [0.1, 0.15) is 0 Å². The maximum atomic E-state index is 13.5. The molecule has 1 saturated heterocycles. The Kier molecular flexibility index (Phi) is 13.1. The first-order chi connectivity index (χ1) is 18.0. The number of nitrogens with one attached hydrogen (secondary N) is 1. The van der Waals surface area contributed by atoms with E-state index in [1.165, 1.54) is 25.3 Å². The van der Waals surface area contributed by atoms with Crippen LogP contribution in [0, 0.1) is 26.9 Å². The summed E-state index contributed by atoms with van der Waals surface area (Å²) in [6, 6.07) is 8.08. The number of hydrogen-bond acceptors (Lipinski definition) is 10. The zero-order valence-corrected chi connectivity index (χ0v) is 25.0. The summed E-state index contributed by atoms with van der Waals surface area (Å²) in [5.74, 6) is -2.14. The summed E-state index contributed by atoms with van der Waals surface area (Å²) in [6.45, 7) is 12.0. The molecule has 1 aromatic rings. The SMILES string of the molecule is COC(=O)C1=C(C)NC(C)=C(C(=O)OCC(C)(C)CN2CCN(CC#N)CC2)C1c1cccc([N+](=O)[O-])c1.Cl.Cl. The van der Waals surface area contributed by atoms with Crippen LogP contribution in [0.3, 0.4) is 0 Å². The van der Waals surface area contributed by atoms with Gasteiger partial charge < -0.3 is 19.7 Å². The Morgan fingerprint density at radius 2 is 1.68 bits per heavy atom. The fourth-order valence-corrected chi connectivity index (χ4v) is 4.99. The number of nitro benzene ring substituents is 1. The highest BCUT2D eigenvalue weighted by Gasteiger charge is 2.39. The Morgan fingerprint density at radius 3 is 2.23 bits per heavy atom. The molecule has 2 heterocycles. The number of nitriles is 1. The second-order valence-electron chi connectivity index (χ2n) is 10.4. The molecule has 1 atom stereocenters. The van der Waals surface area contributed by atoms with Gasteiger partial charge in [-0.25, -0.2) is 9.59 Å². The van der Waals surface area contributed by atoms with Gasteiger partial charge in [-0.3, -0.25) is 15.0 Å². The molecular weight excluding hydrogens is 561 g/mol. The Labute approximate surface area is 247 Å². The molecule has 1 N–H and O–H groups in total. The van der Waals surface area contributed by atoms with Crippen LogP contribution in [0.2, 0.25) is 0 Å². The van der Waals surface area contributed by atoms with Crippen LogP contribution in [-0.2, 0) is 19.1 Å². The number of ether oxygens (including phenoxy) is 2. The van der Waals surface area contributed by atoms with E-state index in [1.54, 1.807) is 19.9 Å². The van der Waals surface area contributed by atoms with Gasteiger partial charge in [0.05, 0.1) is 48.3 Å². The molecule has 0 radical (unpaired) electrons. The van der Waals surface area contributed by atoms with Gasteiger partial charge in [-0.05, 0) is 19.4 Å². The molecule has 1 fully saturated rings. The number of benzene rings is 1. The number of nitro groups is 1. The molecule has 11 nitrogen and oxygen atoms in total. The number of hydrogen-bond donors (Lipinski definition) is 1. The monoisotopic (exact) mass is 597 g/mol. The van der Waals surface area contributed by atoms with Gasteiger partial charge in [0.15, 0.2) is 0 Å². The van der Waals surface area contributed by atoms with Gasteiger partial charge in [0.25, 0.3) is 5.69 Å². The van der Waals surface area contributed by atoms with Crippen LogP contribution in [0.25, 0.3) is 0 Å². The highest BCUT2D eigenvalue weighted by atomic mass is 35.5. The molecule has 1 unspecified atom stereocenters. The summed E-state index contributed by atoms with van der Waals surface area (Å²) in [5.41, 5.74) is 1.31. The Balaban J connectivity index is 0.00000400. The number of nitrogens with zero attached hydrogens (tertiary/aromatic N) is 4. The molecule has 0 spiro atoms. The van der Waals surface area contributed by atoms with Crippen molar-refractivity contribution < 1.29 is 24.0 Å². The molecule has 1 aromatic carbocycles. The minimum Gasteiger partial charge on any atom is -0.466 e. The molecule has 0 aliphatic carbocycles. The number of methoxy groups -OCH3 is 1. The lowest BCUT2D eigenvalue weighted by Gasteiger charge is -2.38. The molecule has 2 aliphatic heterocycles. The van der Waals surface area contributed by atoms with Crippen LogP contribution in [0.15, 0.2) is 46.8 Å². The lowest BCUT2D eigenvalue weighted by Crippen LogP contribution is -2.49. The number of carbonyl (C=O) groups is 2. The molecule has 2 aliphatic rings. The van der Waals surface area contributed by atoms with Crippen molar-refractivity contribution in [1.29, 1.82) is 5.26 Å². The third-order valence-electron chi connectivity index (χ3n) is 6.80. The van der Waals surface area contributed by atoms with Crippen molar-refractivity contribution in [2.75, 3.05) is 53.0 Å². The van der Waals surface area contributed by atoms with Crippen LogP contribution >= 0.6 is 24.8 Å². The molecular formula is C27H37Cl2N5O6. The summed E-state index contributed by atoms with van der Waals surface area (Å²) in [4.78, 5) is 41.7. The first kappa shape index (κ1) is 34.9. The van der Waals surface area contributed by atoms with Crippen molar-refractivity contribution in [1.82, 2.24) is 15.1 Å². The molecule has 13 heteroatoms. The minimum absolute atomic E-state index is 0. The van der Waals surface area contributed by atoms with Crippen LogP contribution in [0.4, 0.5) is 5.69 Å². The predicted octanol–water partition coefficient (Wildman–Crippen LogP) is 3.56. The predicted molar refractivity (Wildman–Crippen MR) is 154 cm³/mol. The minimum atomic E-state index is -0.896. The second kappa shape index (κ2) is 15.0. The van der Waals surface area contributed by atoms with Crippen LogP contribution in [-0.4, -0.2) is 79.6 Å². The second-order valence-corrected chi connectivity index (χ2v) is 10.4. The van der Waals surface area contributed by atoms with Gasteiger partial charge in [-0.2, -0.15) is 5.26 Å². The topological polar surface area (TPSA) is 138 Å². The number of carbonyl (C=O) groups excluding carboxylic acids is 2. The fourth-order valence-electron chi connectivity index (χ4n) is 4.99. The Bertz CT molecular complexity index is 1200. The highest BCUT2D eigenvalue weighted by Crippen LogP contribution is 2.40. The van der Waals surface area contributed by atoms with Crippen LogP contribution in [0.1, 0.15) is 39.2 Å². The highest BCUT2D eigenvalue weighted by molar-refractivity contribution is 5.99. The van der Waals surface area contributed by atoms with E-state index in [1.807, 2.05) is 13.8 Å². The Morgan fingerprint density at radius 1 is 1.10 bits per heavy atom. The normalized spacial score (nSPS) is 18.1. The average Bonchev–Trinajstić information content (AvgIpc) is 2.87. The number of rotatable bonds is 9. The quantitative estimate of drug-likeness (QED) is 0.194. The van der Waals surface area contributed by atoms with Gasteiger partial charge in [0, 0.05) is 61.7 Å². The first-order valence-corrected chi connectivity index (χ1v) is 12.5. The van der Waals surface area contributed by atoms with E-state index < -0.39 is 22.8 Å². The lowest BCUT2D eigenvalue weighted by molar-refractivity contribution is -0.384. The van der Waals surface area contributed by atoms with Gasteiger partial charge in [0.2, 0.25) is 0 Å². The maximum Gasteiger partial charge on any atom is 0.336 e. The van der Waals surface area contributed by atoms with Crippen molar-refractivity contribution in [3.05, 3.63) is 62.5 Å². The lowest BCUT2D eigenvalue weighted by atomic mass is 9.80. The largest absolute Gasteiger partial charge is 0.466 e. The van der Waals surface area contributed by atoms with Gasteiger partial charge >= 0.3 is 11.9 Å². The molecule has 0 saturated carbocycles. The van der Waals surface area contributed by atoms with Crippen LogP contribution < -0.4 is 5.32 Å². The van der Waals surface area contributed by atoms with Crippen molar-refractivity contribution in [3.63, 3.8) is 0 Å². The molecule has 3 rings (SSSR count). The smallest absolute Gasteiger partial charge is 0.336 e. The van der Waals surface area contributed by atoms with E-state index in [-0.39, 0.29) is 53.7 Å². The van der Waals surface area contributed by atoms with Crippen molar-refractivity contribution >= 4 is 42.4 Å². The summed E-state index contributed by atoms with van der Waals surface area (Å²) < 4.78 is 10.8. The first-order valence-electron chi connectivity index (χ1n) is 12.5. The van der Waals surface area contributed by atoms with Crippen molar-refractivity contribution in [2.24, 2.45) is 5.41 Å². The van der Waals surface area contributed by atoms with E-state index in [0.717, 1.165) is 26.2 Å². The summed E-state index contributed by atoms with van der Waals surface area (Å²) in [6.07, 6.45) is 0.